The largest absolute Gasteiger partial charge is 0.464 e. The van der Waals surface area contributed by atoms with E-state index in [0.717, 1.165) is 32.2 Å². The van der Waals surface area contributed by atoms with E-state index in [1.807, 2.05) is 0 Å². The molecule has 9 heteroatoms. The number of fused-ring (bicyclic) bond motifs is 1. The lowest BCUT2D eigenvalue weighted by molar-refractivity contribution is -0.148. The van der Waals surface area contributed by atoms with E-state index >= 15 is 0 Å². The lowest BCUT2D eigenvalue weighted by atomic mass is 9.69. The van der Waals surface area contributed by atoms with Gasteiger partial charge in [0.05, 0.1) is 6.61 Å². The molecule has 160 valence electrons. The van der Waals surface area contributed by atoms with Crippen LogP contribution >= 0.6 is 0 Å². The van der Waals surface area contributed by atoms with Gasteiger partial charge in [-0.05, 0) is 56.4 Å². The number of amides is 1. The molecular weight excluding hydrogens is 360 g/mol. The van der Waals surface area contributed by atoms with Gasteiger partial charge in [0.1, 0.15) is 11.9 Å². The van der Waals surface area contributed by atoms with Crippen LogP contribution in [-0.2, 0) is 14.3 Å². The van der Waals surface area contributed by atoms with Crippen molar-refractivity contribution in [2.45, 2.75) is 57.9 Å². The van der Waals surface area contributed by atoms with Crippen molar-refractivity contribution >= 4 is 17.7 Å². The van der Waals surface area contributed by atoms with Gasteiger partial charge in [0.15, 0.2) is 0 Å². The number of hydrogen-bond acceptors (Lipinski definition) is 7. The SMILES string of the molecule is CC(=O)N(C)CCCOC(=O)C1CC2CC(CC/C(N)=N/NN)CCC2CN1. The van der Waals surface area contributed by atoms with Crippen LogP contribution < -0.4 is 22.4 Å². The summed E-state index contributed by atoms with van der Waals surface area (Å²) in [5, 5.41) is 7.18. The first-order chi connectivity index (χ1) is 13.4. The summed E-state index contributed by atoms with van der Waals surface area (Å²) in [5.41, 5.74) is 8.04. The second kappa shape index (κ2) is 11.2. The molecule has 0 aromatic heterocycles. The molecule has 0 bridgehead atoms. The van der Waals surface area contributed by atoms with E-state index in [2.05, 4.69) is 16.0 Å². The third-order valence-corrected chi connectivity index (χ3v) is 6.13. The lowest BCUT2D eigenvalue weighted by Gasteiger charge is -2.42. The Morgan fingerprint density at radius 3 is 2.79 bits per heavy atom. The molecule has 4 atom stereocenters. The molecule has 0 aromatic carbocycles. The normalized spacial score (nSPS) is 27.6. The molecule has 1 heterocycles. The molecular formula is C19H36N6O3. The molecule has 1 saturated carbocycles. The third kappa shape index (κ3) is 6.94. The zero-order valence-corrected chi connectivity index (χ0v) is 17.2. The minimum Gasteiger partial charge on any atom is -0.464 e. The molecule has 2 fully saturated rings. The maximum Gasteiger partial charge on any atom is 0.323 e. The van der Waals surface area contributed by atoms with E-state index in [9.17, 15) is 9.59 Å². The molecule has 1 aliphatic carbocycles. The molecule has 1 saturated heterocycles. The fourth-order valence-corrected chi connectivity index (χ4v) is 4.33. The van der Waals surface area contributed by atoms with Crippen LogP contribution in [0.15, 0.2) is 5.10 Å². The van der Waals surface area contributed by atoms with Crippen LogP contribution in [-0.4, -0.2) is 55.4 Å². The van der Waals surface area contributed by atoms with Gasteiger partial charge in [0.2, 0.25) is 5.91 Å². The first-order valence-electron chi connectivity index (χ1n) is 10.3. The van der Waals surface area contributed by atoms with E-state index in [-0.39, 0.29) is 17.9 Å². The zero-order valence-electron chi connectivity index (χ0n) is 17.2. The molecule has 1 aliphatic heterocycles. The Hall–Kier alpha value is -1.87. The highest BCUT2D eigenvalue weighted by Gasteiger charge is 2.38. The number of nitrogens with two attached hydrogens (primary N) is 2. The number of carbonyl (C=O) groups is 2. The van der Waals surface area contributed by atoms with Gasteiger partial charge in [-0.15, -0.1) is 0 Å². The van der Waals surface area contributed by atoms with Crippen LogP contribution in [0.3, 0.4) is 0 Å². The molecule has 28 heavy (non-hydrogen) atoms. The lowest BCUT2D eigenvalue weighted by Crippen LogP contribution is -2.50. The highest BCUT2D eigenvalue weighted by Crippen LogP contribution is 2.40. The number of ether oxygens (including phenoxy) is 1. The Morgan fingerprint density at radius 2 is 2.07 bits per heavy atom. The summed E-state index contributed by atoms with van der Waals surface area (Å²) in [6, 6.07) is -0.224. The number of hydrogen-bond donors (Lipinski definition) is 4. The van der Waals surface area contributed by atoms with Crippen LogP contribution in [0.25, 0.3) is 0 Å². The van der Waals surface area contributed by atoms with E-state index in [4.69, 9.17) is 16.3 Å². The average Bonchev–Trinajstić information content (AvgIpc) is 2.68. The molecule has 2 rings (SSSR count). The Labute approximate surface area is 167 Å². The standard InChI is InChI=1S/C19H36N6O3/c1-13(26)25(2)8-3-9-28-19(27)17-11-16-10-14(4-6-15(16)12-22-17)5-7-18(20)23-24-21/h14-17,22,24H,3-12,21H2,1-2H3,(H2,20,23). The Bertz CT molecular complexity index is 556. The first-order valence-corrected chi connectivity index (χ1v) is 10.3. The second-order valence-corrected chi connectivity index (χ2v) is 8.13. The van der Waals surface area contributed by atoms with Crippen LogP contribution in [0.4, 0.5) is 0 Å². The molecule has 4 unspecified atom stereocenters. The number of nitrogens with zero attached hydrogens (tertiary/aromatic N) is 2. The monoisotopic (exact) mass is 396 g/mol. The predicted molar refractivity (Wildman–Crippen MR) is 108 cm³/mol. The van der Waals surface area contributed by atoms with Crippen LogP contribution in [0.5, 0.6) is 0 Å². The van der Waals surface area contributed by atoms with Gasteiger partial charge in [-0.1, -0.05) is 6.42 Å². The molecule has 9 nitrogen and oxygen atoms in total. The van der Waals surface area contributed by atoms with Crippen molar-refractivity contribution in [3.63, 3.8) is 0 Å². The Morgan fingerprint density at radius 1 is 1.29 bits per heavy atom. The van der Waals surface area contributed by atoms with E-state index in [0.29, 0.717) is 43.2 Å². The van der Waals surface area contributed by atoms with Gasteiger partial charge in [-0.3, -0.25) is 9.59 Å². The van der Waals surface area contributed by atoms with Crippen LogP contribution in [0.1, 0.15) is 51.9 Å². The van der Waals surface area contributed by atoms with Gasteiger partial charge in [-0.2, -0.15) is 5.10 Å². The summed E-state index contributed by atoms with van der Waals surface area (Å²) in [4.78, 5) is 25.2. The van der Waals surface area contributed by atoms with E-state index < -0.39 is 0 Å². The number of nitrogens with one attached hydrogen (secondary N) is 2. The molecule has 0 spiro atoms. The topological polar surface area (TPSA) is 135 Å². The number of esters is 1. The minimum atomic E-state index is -0.224. The fourth-order valence-electron chi connectivity index (χ4n) is 4.33. The number of hydrazine groups is 1. The van der Waals surface area contributed by atoms with Crippen molar-refractivity contribution < 1.29 is 14.3 Å². The number of piperidine rings is 1. The average molecular weight is 397 g/mol. The smallest absolute Gasteiger partial charge is 0.323 e. The number of amidine groups is 1. The van der Waals surface area contributed by atoms with Crippen molar-refractivity contribution in [1.29, 1.82) is 0 Å². The molecule has 2 aliphatic rings. The van der Waals surface area contributed by atoms with Crippen molar-refractivity contribution in [2.24, 2.45) is 34.4 Å². The van der Waals surface area contributed by atoms with Crippen molar-refractivity contribution in [1.82, 2.24) is 15.8 Å². The van der Waals surface area contributed by atoms with Gasteiger partial charge >= 0.3 is 5.97 Å². The van der Waals surface area contributed by atoms with Crippen molar-refractivity contribution in [3.8, 4) is 0 Å². The summed E-state index contributed by atoms with van der Waals surface area (Å²) in [6.07, 6.45) is 6.75. The van der Waals surface area contributed by atoms with Crippen molar-refractivity contribution in [2.75, 3.05) is 26.7 Å². The maximum atomic E-state index is 12.4. The first kappa shape index (κ1) is 22.4. The molecule has 1 amide bonds. The summed E-state index contributed by atoms with van der Waals surface area (Å²) in [6.45, 7) is 3.35. The highest BCUT2D eigenvalue weighted by molar-refractivity contribution is 5.79. The minimum absolute atomic E-state index is 0.0190. The van der Waals surface area contributed by atoms with Crippen LogP contribution in [0, 0.1) is 17.8 Å². The highest BCUT2D eigenvalue weighted by atomic mass is 16.5. The summed E-state index contributed by atoms with van der Waals surface area (Å²) < 4.78 is 5.43. The quantitative estimate of drug-likeness (QED) is 0.110. The summed E-state index contributed by atoms with van der Waals surface area (Å²) in [5.74, 6) is 7.34. The Balaban J connectivity index is 1.72. The van der Waals surface area contributed by atoms with Gasteiger partial charge in [0, 0.05) is 26.9 Å². The fraction of sp³-hybridized carbons (Fsp3) is 0.842. The predicted octanol–water partition coefficient (Wildman–Crippen LogP) is 0.308. The molecule has 0 aromatic rings. The van der Waals surface area contributed by atoms with Gasteiger partial charge in [0.25, 0.3) is 0 Å². The zero-order chi connectivity index (χ0) is 20.5. The maximum absolute atomic E-state index is 12.4. The second-order valence-electron chi connectivity index (χ2n) is 8.13. The number of hydrazone groups is 1. The van der Waals surface area contributed by atoms with Gasteiger partial charge < -0.3 is 20.7 Å². The Kier molecular flexibility index (Phi) is 8.98. The third-order valence-electron chi connectivity index (χ3n) is 6.13. The van der Waals surface area contributed by atoms with Gasteiger partial charge in [-0.25, -0.2) is 11.4 Å². The molecule has 6 N–H and O–H groups in total. The summed E-state index contributed by atoms with van der Waals surface area (Å²) in [7, 11) is 1.75. The van der Waals surface area contributed by atoms with Crippen LogP contribution in [0.2, 0.25) is 0 Å². The van der Waals surface area contributed by atoms with E-state index in [1.54, 1.807) is 11.9 Å². The number of rotatable bonds is 9. The number of carbonyl (C=O) groups excluding carboxylic acids is 2. The van der Waals surface area contributed by atoms with Crippen molar-refractivity contribution in [3.05, 3.63) is 0 Å². The molecule has 0 radical (unpaired) electrons. The van der Waals surface area contributed by atoms with E-state index in [1.165, 1.54) is 19.8 Å². The summed E-state index contributed by atoms with van der Waals surface area (Å²) >= 11 is 0.